The van der Waals surface area contributed by atoms with Crippen molar-refractivity contribution in [1.82, 2.24) is 15.5 Å². The molecule has 0 aliphatic carbocycles. The topological polar surface area (TPSA) is 66.9 Å². The number of hydrogen-bond acceptors (Lipinski definition) is 4. The van der Waals surface area contributed by atoms with E-state index in [0.29, 0.717) is 18.8 Å². The van der Waals surface area contributed by atoms with Gasteiger partial charge in [0.15, 0.2) is 5.82 Å². The van der Waals surface area contributed by atoms with Gasteiger partial charge >= 0.3 is 0 Å². The molecule has 0 fully saturated rings. The SMILES string of the molecule is CNC(=O)CCNc1nncc2ccccc12. The van der Waals surface area contributed by atoms with Crippen molar-refractivity contribution >= 4 is 22.5 Å². The van der Waals surface area contributed by atoms with Gasteiger partial charge in [0.2, 0.25) is 5.91 Å². The second-order valence-corrected chi connectivity index (χ2v) is 3.63. The summed E-state index contributed by atoms with van der Waals surface area (Å²) in [5, 5.41) is 15.7. The van der Waals surface area contributed by atoms with Crippen LogP contribution in [-0.4, -0.2) is 29.7 Å². The first kappa shape index (κ1) is 11.3. The summed E-state index contributed by atoms with van der Waals surface area (Å²) in [5.41, 5.74) is 0. The molecule has 1 aromatic heterocycles. The van der Waals surface area contributed by atoms with Crippen LogP contribution in [0, 0.1) is 0 Å². The van der Waals surface area contributed by atoms with Gasteiger partial charge in [-0.15, -0.1) is 5.10 Å². The Hall–Kier alpha value is -2.17. The zero-order valence-electron chi connectivity index (χ0n) is 9.60. The van der Waals surface area contributed by atoms with E-state index in [1.165, 1.54) is 0 Å². The molecule has 0 radical (unpaired) electrons. The zero-order chi connectivity index (χ0) is 12.1. The van der Waals surface area contributed by atoms with E-state index >= 15 is 0 Å². The van der Waals surface area contributed by atoms with Crippen molar-refractivity contribution in [2.45, 2.75) is 6.42 Å². The average Bonchev–Trinajstić information content (AvgIpc) is 2.39. The minimum Gasteiger partial charge on any atom is -0.368 e. The van der Waals surface area contributed by atoms with E-state index in [0.717, 1.165) is 10.8 Å². The highest BCUT2D eigenvalue weighted by Gasteiger charge is 2.03. The number of benzene rings is 1. The molecule has 0 unspecified atom stereocenters. The Morgan fingerprint density at radius 1 is 1.35 bits per heavy atom. The number of hydrogen-bond donors (Lipinski definition) is 2. The maximum atomic E-state index is 11.1. The molecule has 5 nitrogen and oxygen atoms in total. The first-order valence-electron chi connectivity index (χ1n) is 5.46. The summed E-state index contributed by atoms with van der Waals surface area (Å²) in [5.74, 6) is 0.720. The van der Waals surface area contributed by atoms with E-state index < -0.39 is 0 Å². The van der Waals surface area contributed by atoms with Crippen molar-refractivity contribution in [2.75, 3.05) is 18.9 Å². The van der Waals surface area contributed by atoms with Crippen LogP contribution >= 0.6 is 0 Å². The molecule has 0 atom stereocenters. The Morgan fingerprint density at radius 2 is 2.18 bits per heavy atom. The van der Waals surface area contributed by atoms with E-state index in [1.54, 1.807) is 13.2 Å². The largest absolute Gasteiger partial charge is 0.368 e. The highest BCUT2D eigenvalue weighted by Crippen LogP contribution is 2.18. The molecule has 0 saturated heterocycles. The Kier molecular flexibility index (Phi) is 3.49. The van der Waals surface area contributed by atoms with Gasteiger partial charge in [-0.2, -0.15) is 5.10 Å². The standard InChI is InChI=1S/C12H14N4O/c1-13-11(17)6-7-14-12-10-5-3-2-4-9(10)8-15-16-12/h2-5,8H,6-7H2,1H3,(H,13,17)(H,14,16). The van der Waals surface area contributed by atoms with Crippen molar-refractivity contribution in [2.24, 2.45) is 0 Å². The summed E-state index contributed by atoms with van der Waals surface area (Å²) >= 11 is 0. The Bertz CT molecular complexity index is 521. The highest BCUT2D eigenvalue weighted by atomic mass is 16.1. The van der Waals surface area contributed by atoms with E-state index in [4.69, 9.17) is 0 Å². The fourth-order valence-electron chi connectivity index (χ4n) is 1.58. The van der Waals surface area contributed by atoms with Crippen molar-refractivity contribution in [3.8, 4) is 0 Å². The lowest BCUT2D eigenvalue weighted by molar-refractivity contribution is -0.120. The second kappa shape index (κ2) is 5.25. The van der Waals surface area contributed by atoms with Gasteiger partial charge < -0.3 is 10.6 Å². The quantitative estimate of drug-likeness (QED) is 0.827. The number of carbonyl (C=O) groups excluding carboxylic acids is 1. The molecule has 0 aliphatic heterocycles. The van der Waals surface area contributed by atoms with Crippen molar-refractivity contribution in [3.63, 3.8) is 0 Å². The summed E-state index contributed by atoms with van der Waals surface area (Å²) in [6, 6.07) is 7.87. The summed E-state index contributed by atoms with van der Waals surface area (Å²) < 4.78 is 0. The lowest BCUT2D eigenvalue weighted by Gasteiger charge is -2.06. The third kappa shape index (κ3) is 2.69. The van der Waals surface area contributed by atoms with Gasteiger partial charge in [0.05, 0.1) is 6.20 Å². The third-order valence-electron chi connectivity index (χ3n) is 2.49. The number of nitrogens with zero attached hydrogens (tertiary/aromatic N) is 2. The van der Waals surface area contributed by atoms with Gasteiger partial charge in [0.1, 0.15) is 0 Å². The number of rotatable bonds is 4. The maximum Gasteiger partial charge on any atom is 0.221 e. The van der Waals surface area contributed by atoms with Gasteiger partial charge in [0, 0.05) is 30.8 Å². The summed E-state index contributed by atoms with van der Waals surface area (Å²) in [4.78, 5) is 11.1. The molecule has 0 saturated carbocycles. The first-order valence-corrected chi connectivity index (χ1v) is 5.46. The molecule has 0 bridgehead atoms. The van der Waals surface area contributed by atoms with Gasteiger partial charge in [-0.25, -0.2) is 0 Å². The molecule has 88 valence electrons. The minimum absolute atomic E-state index is 0.00527. The average molecular weight is 230 g/mol. The molecule has 5 heteroatoms. The van der Waals surface area contributed by atoms with E-state index in [9.17, 15) is 4.79 Å². The number of carbonyl (C=O) groups is 1. The smallest absolute Gasteiger partial charge is 0.221 e. The number of aromatic nitrogens is 2. The minimum atomic E-state index is 0.00527. The van der Waals surface area contributed by atoms with Crippen LogP contribution < -0.4 is 10.6 Å². The predicted molar refractivity (Wildman–Crippen MR) is 66.7 cm³/mol. The molecule has 2 aromatic rings. The molecule has 17 heavy (non-hydrogen) atoms. The normalized spacial score (nSPS) is 10.2. The summed E-state index contributed by atoms with van der Waals surface area (Å²) in [6.07, 6.45) is 2.14. The number of amides is 1. The molecular formula is C12H14N4O. The van der Waals surface area contributed by atoms with Crippen molar-refractivity contribution in [3.05, 3.63) is 30.5 Å². The molecular weight excluding hydrogens is 216 g/mol. The van der Waals surface area contributed by atoms with Gasteiger partial charge in [-0.05, 0) is 0 Å². The maximum absolute atomic E-state index is 11.1. The van der Waals surface area contributed by atoms with Crippen LogP contribution in [0.4, 0.5) is 5.82 Å². The van der Waals surface area contributed by atoms with Crippen LogP contribution in [0.25, 0.3) is 10.8 Å². The molecule has 0 spiro atoms. The molecule has 1 heterocycles. The van der Waals surface area contributed by atoms with Crippen LogP contribution in [0.3, 0.4) is 0 Å². The molecule has 2 N–H and O–H groups in total. The lowest BCUT2D eigenvalue weighted by Crippen LogP contribution is -2.21. The van der Waals surface area contributed by atoms with Gasteiger partial charge in [-0.3, -0.25) is 4.79 Å². The fourth-order valence-corrected chi connectivity index (χ4v) is 1.58. The van der Waals surface area contributed by atoms with Gasteiger partial charge in [0.25, 0.3) is 0 Å². The monoisotopic (exact) mass is 230 g/mol. The molecule has 1 aromatic carbocycles. The lowest BCUT2D eigenvalue weighted by atomic mass is 10.2. The Balaban J connectivity index is 2.11. The fraction of sp³-hybridized carbons (Fsp3) is 0.250. The van der Waals surface area contributed by atoms with E-state index in [-0.39, 0.29) is 5.91 Å². The second-order valence-electron chi connectivity index (χ2n) is 3.63. The molecule has 1 amide bonds. The van der Waals surface area contributed by atoms with Crippen molar-refractivity contribution < 1.29 is 4.79 Å². The number of nitrogens with one attached hydrogen (secondary N) is 2. The van der Waals surface area contributed by atoms with Crippen LogP contribution in [-0.2, 0) is 4.79 Å². The van der Waals surface area contributed by atoms with Crippen molar-refractivity contribution in [1.29, 1.82) is 0 Å². The third-order valence-corrected chi connectivity index (χ3v) is 2.49. The highest BCUT2D eigenvalue weighted by molar-refractivity contribution is 5.90. The number of fused-ring (bicyclic) bond motifs is 1. The first-order chi connectivity index (χ1) is 8.31. The van der Waals surface area contributed by atoms with Crippen LogP contribution in [0.2, 0.25) is 0 Å². The van der Waals surface area contributed by atoms with Crippen LogP contribution in [0.1, 0.15) is 6.42 Å². The predicted octanol–water partition coefficient (Wildman–Crippen LogP) is 1.18. The Labute approximate surface area is 99.2 Å². The zero-order valence-corrected chi connectivity index (χ0v) is 9.60. The molecule has 2 rings (SSSR count). The van der Waals surface area contributed by atoms with E-state index in [2.05, 4.69) is 20.8 Å². The van der Waals surface area contributed by atoms with Crippen LogP contribution in [0.5, 0.6) is 0 Å². The van der Waals surface area contributed by atoms with Gasteiger partial charge in [-0.1, -0.05) is 24.3 Å². The molecule has 0 aliphatic rings. The summed E-state index contributed by atoms with van der Waals surface area (Å²) in [6.45, 7) is 0.544. The number of anilines is 1. The Morgan fingerprint density at radius 3 is 3.00 bits per heavy atom. The van der Waals surface area contributed by atoms with Crippen LogP contribution in [0.15, 0.2) is 30.5 Å². The summed E-state index contributed by atoms with van der Waals surface area (Å²) in [7, 11) is 1.63. The van der Waals surface area contributed by atoms with E-state index in [1.807, 2.05) is 24.3 Å².